The Kier molecular flexibility index (Phi) is 10.8. The van der Waals surface area contributed by atoms with E-state index in [9.17, 15) is 24.0 Å². The molecule has 304 valence electrons. The maximum Gasteiger partial charge on any atom is 0.407 e. The van der Waals surface area contributed by atoms with Gasteiger partial charge in [-0.15, -0.1) is 0 Å². The van der Waals surface area contributed by atoms with Gasteiger partial charge in [0.05, 0.1) is 35.1 Å². The number of nitrogens with zero attached hydrogens (tertiary/aromatic N) is 2. The first-order valence-electron chi connectivity index (χ1n) is 20.2. The van der Waals surface area contributed by atoms with E-state index in [2.05, 4.69) is 34.9 Å². The topological polar surface area (TPSA) is 181 Å². The number of hydrogen-bond donors (Lipinski definition) is 3. The van der Waals surface area contributed by atoms with Crippen LogP contribution in [0.3, 0.4) is 0 Å². The SMILES string of the molecule is CC[C@@]1(OC(=O)[C@H](NC(=O)[C@@H](N)CCCCNC(=O)OCC2c3ccccc3-c3ccccc32)C(C)C)C(=O)COc2c1cc1n(c2=O)Cc2cc3ccccc3nc2-1. The van der Waals surface area contributed by atoms with Crippen molar-refractivity contribution in [1.82, 2.24) is 20.2 Å². The van der Waals surface area contributed by atoms with Crippen molar-refractivity contribution in [2.75, 3.05) is 19.8 Å². The second-order valence-corrected chi connectivity index (χ2v) is 15.8. The summed E-state index contributed by atoms with van der Waals surface area (Å²) in [6, 6.07) is 25.5. The minimum absolute atomic E-state index is 0.0250. The van der Waals surface area contributed by atoms with E-state index in [-0.39, 0.29) is 36.8 Å². The maximum atomic E-state index is 14.0. The lowest BCUT2D eigenvalue weighted by molar-refractivity contribution is -0.176. The molecule has 5 aromatic rings. The van der Waals surface area contributed by atoms with E-state index in [1.54, 1.807) is 31.4 Å². The molecule has 1 aliphatic carbocycles. The summed E-state index contributed by atoms with van der Waals surface area (Å²) in [4.78, 5) is 72.4. The zero-order valence-corrected chi connectivity index (χ0v) is 33.3. The van der Waals surface area contributed by atoms with E-state index < -0.39 is 59.5 Å². The number of nitrogens with two attached hydrogens (primary N) is 1. The summed E-state index contributed by atoms with van der Waals surface area (Å²) in [6.45, 7) is 5.55. The van der Waals surface area contributed by atoms with Gasteiger partial charge in [0, 0.05) is 23.4 Å². The molecule has 3 aromatic carbocycles. The van der Waals surface area contributed by atoms with Crippen LogP contribution in [0.5, 0.6) is 5.75 Å². The van der Waals surface area contributed by atoms with Gasteiger partial charge in [-0.25, -0.2) is 14.6 Å². The van der Waals surface area contributed by atoms with Crippen molar-refractivity contribution >= 4 is 34.7 Å². The summed E-state index contributed by atoms with van der Waals surface area (Å²) in [5, 5.41) is 6.46. The number of aromatic nitrogens is 2. The number of amides is 2. The molecular formula is C46H47N5O8. The first-order valence-corrected chi connectivity index (χ1v) is 20.2. The van der Waals surface area contributed by atoms with Crippen molar-refractivity contribution in [1.29, 1.82) is 0 Å². The van der Waals surface area contributed by atoms with Gasteiger partial charge in [0.25, 0.3) is 5.56 Å². The molecule has 8 rings (SSSR count). The molecule has 2 amide bonds. The lowest BCUT2D eigenvalue weighted by Crippen LogP contribution is -2.55. The Morgan fingerprint density at radius 3 is 2.37 bits per heavy atom. The van der Waals surface area contributed by atoms with Crippen LogP contribution < -0.4 is 26.7 Å². The van der Waals surface area contributed by atoms with Gasteiger partial charge in [0.2, 0.25) is 17.3 Å². The summed E-state index contributed by atoms with van der Waals surface area (Å²) >= 11 is 0. The minimum atomic E-state index is -1.83. The molecule has 13 nitrogen and oxygen atoms in total. The van der Waals surface area contributed by atoms with Crippen LogP contribution in [-0.4, -0.2) is 65.1 Å². The minimum Gasteiger partial charge on any atom is -0.479 e. The van der Waals surface area contributed by atoms with Gasteiger partial charge in [0.15, 0.2) is 12.4 Å². The van der Waals surface area contributed by atoms with Gasteiger partial charge in [-0.05, 0) is 72.1 Å². The van der Waals surface area contributed by atoms with Crippen LogP contribution in [0.4, 0.5) is 4.79 Å². The zero-order valence-electron chi connectivity index (χ0n) is 33.3. The van der Waals surface area contributed by atoms with E-state index in [0.29, 0.717) is 37.2 Å². The number of ketones is 1. The van der Waals surface area contributed by atoms with Crippen LogP contribution in [-0.2, 0) is 36.0 Å². The molecule has 0 radical (unpaired) electrons. The van der Waals surface area contributed by atoms with Crippen molar-refractivity contribution < 1.29 is 33.4 Å². The molecule has 13 heteroatoms. The number of alkyl carbamates (subject to hydrolysis) is 1. The number of pyridine rings is 2. The predicted molar refractivity (Wildman–Crippen MR) is 221 cm³/mol. The number of carbonyl (C=O) groups excluding carboxylic acids is 4. The highest BCUT2D eigenvalue weighted by Crippen LogP contribution is 2.45. The molecule has 3 aliphatic rings. The molecule has 0 bridgehead atoms. The van der Waals surface area contributed by atoms with Gasteiger partial charge < -0.3 is 30.6 Å². The third kappa shape index (κ3) is 7.24. The Hall–Kier alpha value is -6.34. The van der Waals surface area contributed by atoms with Gasteiger partial charge in [-0.3, -0.25) is 19.0 Å². The van der Waals surface area contributed by atoms with Crippen molar-refractivity contribution in [2.45, 2.75) is 76.6 Å². The van der Waals surface area contributed by atoms with Gasteiger partial charge in [0.1, 0.15) is 12.6 Å². The number of hydrogen-bond acceptors (Lipinski definition) is 10. The molecule has 0 spiro atoms. The van der Waals surface area contributed by atoms with Crippen LogP contribution in [0.1, 0.15) is 74.6 Å². The molecule has 59 heavy (non-hydrogen) atoms. The monoisotopic (exact) mass is 797 g/mol. The maximum absolute atomic E-state index is 14.0. The number of carbonyl (C=O) groups is 4. The summed E-state index contributed by atoms with van der Waals surface area (Å²) in [7, 11) is 0. The molecule has 2 aromatic heterocycles. The van der Waals surface area contributed by atoms with E-state index in [1.165, 1.54) is 0 Å². The van der Waals surface area contributed by atoms with Gasteiger partial charge in [-0.1, -0.05) is 87.5 Å². The van der Waals surface area contributed by atoms with Crippen molar-refractivity contribution in [3.05, 3.63) is 118 Å². The molecule has 0 unspecified atom stereocenters. The van der Waals surface area contributed by atoms with Crippen LogP contribution in [0.2, 0.25) is 0 Å². The number of fused-ring (bicyclic) bond motifs is 8. The first kappa shape index (κ1) is 39.5. The van der Waals surface area contributed by atoms with E-state index in [4.69, 9.17) is 24.9 Å². The second kappa shape index (κ2) is 16.1. The number of rotatable bonds is 13. The average molecular weight is 798 g/mol. The Labute approximate surface area is 341 Å². The number of ether oxygens (including phenoxy) is 3. The third-order valence-electron chi connectivity index (χ3n) is 11.7. The van der Waals surface area contributed by atoms with Gasteiger partial charge >= 0.3 is 12.1 Å². The van der Waals surface area contributed by atoms with E-state index in [0.717, 1.165) is 38.7 Å². The first-order chi connectivity index (χ1) is 28.5. The number of nitrogens with one attached hydrogen (secondary N) is 2. The van der Waals surface area contributed by atoms with Gasteiger partial charge in [-0.2, -0.15) is 0 Å². The molecule has 4 N–H and O–H groups in total. The predicted octanol–water partition coefficient (Wildman–Crippen LogP) is 5.71. The average Bonchev–Trinajstić information content (AvgIpc) is 3.76. The van der Waals surface area contributed by atoms with Crippen LogP contribution >= 0.6 is 0 Å². The van der Waals surface area contributed by atoms with Crippen molar-refractivity contribution in [2.24, 2.45) is 11.7 Å². The Balaban J connectivity index is 0.870. The molecule has 0 fully saturated rings. The molecule has 0 saturated carbocycles. The fourth-order valence-electron chi connectivity index (χ4n) is 8.52. The lowest BCUT2D eigenvalue weighted by Gasteiger charge is -2.37. The largest absolute Gasteiger partial charge is 0.479 e. The molecule has 2 aliphatic heterocycles. The Bertz CT molecular complexity index is 2500. The smallest absolute Gasteiger partial charge is 0.407 e. The fourth-order valence-corrected chi connectivity index (χ4v) is 8.52. The third-order valence-corrected chi connectivity index (χ3v) is 11.7. The summed E-state index contributed by atoms with van der Waals surface area (Å²) < 4.78 is 19.0. The van der Waals surface area contributed by atoms with Crippen molar-refractivity contribution in [3.63, 3.8) is 0 Å². The van der Waals surface area contributed by atoms with Crippen LogP contribution in [0, 0.1) is 5.92 Å². The van der Waals surface area contributed by atoms with Crippen LogP contribution in [0.25, 0.3) is 33.4 Å². The molecular weight excluding hydrogens is 751 g/mol. The lowest BCUT2D eigenvalue weighted by atomic mass is 9.84. The number of para-hydroxylation sites is 1. The number of benzene rings is 3. The Morgan fingerprint density at radius 1 is 0.966 bits per heavy atom. The highest BCUT2D eigenvalue weighted by molar-refractivity contribution is 5.96. The number of Topliss-reactive ketones (excluding diaryl/α,β-unsaturated/α-hetero) is 1. The second-order valence-electron chi connectivity index (χ2n) is 15.8. The number of esters is 1. The standard InChI is InChI=1S/C46H47N5O8/c1-4-46(34-22-37-40-28(21-27-13-5-10-19-36(27)49-40)23-51(37)43(54)41(34)57-25-38(46)52)59-44(55)39(26(2)3)50-42(53)35(47)18-11-12-20-48-45(56)58-24-33-31-16-8-6-14-29(31)30-15-7-9-17-32(30)33/h5-10,13-17,19,21-22,26,33,35,39H,4,11-12,18,20,23-25,47H2,1-3H3,(H,48,56)(H,50,53)/t35-,39+,46-/m0/s1. The summed E-state index contributed by atoms with van der Waals surface area (Å²) in [5.74, 6) is -2.44. The molecule has 0 saturated heterocycles. The summed E-state index contributed by atoms with van der Waals surface area (Å²) in [5.41, 5.74) is 11.4. The quantitative estimate of drug-likeness (QED) is 0.0968. The molecule has 4 heterocycles. The highest BCUT2D eigenvalue weighted by Gasteiger charge is 2.50. The zero-order chi connectivity index (χ0) is 41.4. The molecule has 3 atom stereocenters. The highest BCUT2D eigenvalue weighted by atomic mass is 16.6. The Morgan fingerprint density at radius 2 is 1.66 bits per heavy atom. The fraction of sp³-hybridized carbons (Fsp3) is 0.348. The van der Waals surface area contributed by atoms with E-state index >= 15 is 0 Å². The number of unbranched alkanes of at least 4 members (excludes halogenated alkanes) is 1. The van der Waals surface area contributed by atoms with E-state index in [1.807, 2.05) is 54.6 Å². The normalized spacial score (nSPS) is 17.2. The van der Waals surface area contributed by atoms with Crippen LogP contribution in [0.15, 0.2) is 89.7 Å². The van der Waals surface area contributed by atoms with Crippen molar-refractivity contribution in [3.8, 4) is 28.3 Å². The summed E-state index contributed by atoms with van der Waals surface area (Å²) in [6.07, 6.45) is 0.861.